The molecule has 0 saturated heterocycles. The van der Waals surface area contributed by atoms with E-state index in [-0.39, 0.29) is 0 Å². The third-order valence-electron chi connectivity index (χ3n) is 3.58. The molecular weight excluding hydrogens is 214 g/mol. The molecule has 94 valence electrons. The Morgan fingerprint density at radius 1 is 1.29 bits per heavy atom. The van der Waals surface area contributed by atoms with E-state index < -0.39 is 0 Å². The van der Waals surface area contributed by atoms with Crippen LogP contribution in [-0.4, -0.2) is 16.0 Å². The number of hydrogen-bond acceptors (Lipinski definition) is 5. The summed E-state index contributed by atoms with van der Waals surface area (Å²) < 4.78 is 0. The van der Waals surface area contributed by atoms with Crippen LogP contribution >= 0.6 is 0 Å². The maximum absolute atomic E-state index is 5.34. The minimum absolute atomic E-state index is 0.536. The van der Waals surface area contributed by atoms with Crippen LogP contribution in [0.3, 0.4) is 0 Å². The first kappa shape index (κ1) is 12.1. The van der Waals surface area contributed by atoms with Gasteiger partial charge in [0.15, 0.2) is 0 Å². The van der Waals surface area contributed by atoms with Crippen LogP contribution in [-0.2, 0) is 0 Å². The Bertz CT molecular complexity index is 355. The summed E-state index contributed by atoms with van der Waals surface area (Å²) in [5.41, 5.74) is 2.54. The highest BCUT2D eigenvalue weighted by Crippen LogP contribution is 2.29. The zero-order valence-electron chi connectivity index (χ0n) is 10.3. The van der Waals surface area contributed by atoms with Crippen LogP contribution in [0, 0.1) is 5.92 Å². The molecule has 1 aliphatic rings. The summed E-state index contributed by atoms with van der Waals surface area (Å²) in [4.78, 5) is 8.24. The maximum Gasteiger partial charge on any atom is 0.145 e. The molecular formula is C12H21N5. The first-order chi connectivity index (χ1) is 8.33. The van der Waals surface area contributed by atoms with Crippen molar-refractivity contribution in [3.05, 3.63) is 12.4 Å². The Morgan fingerprint density at radius 3 is 2.82 bits per heavy atom. The van der Waals surface area contributed by atoms with Crippen molar-refractivity contribution in [1.82, 2.24) is 9.97 Å². The molecule has 0 aliphatic heterocycles. The summed E-state index contributed by atoms with van der Waals surface area (Å²) in [6.07, 6.45) is 7.97. The van der Waals surface area contributed by atoms with Crippen molar-refractivity contribution in [3.63, 3.8) is 0 Å². The van der Waals surface area contributed by atoms with Crippen molar-refractivity contribution < 1.29 is 0 Å². The van der Waals surface area contributed by atoms with Crippen molar-refractivity contribution in [2.45, 2.75) is 45.1 Å². The minimum atomic E-state index is 0.536. The van der Waals surface area contributed by atoms with Crippen LogP contribution in [0.4, 0.5) is 11.6 Å². The lowest BCUT2D eigenvalue weighted by molar-refractivity contribution is 0.317. The van der Waals surface area contributed by atoms with E-state index in [1.807, 2.05) is 6.07 Å². The Hall–Kier alpha value is -1.36. The van der Waals surface area contributed by atoms with Gasteiger partial charge in [-0.3, -0.25) is 0 Å². The monoisotopic (exact) mass is 235 g/mol. The van der Waals surface area contributed by atoms with E-state index in [1.165, 1.54) is 38.4 Å². The summed E-state index contributed by atoms with van der Waals surface area (Å²) in [6.45, 7) is 2.26. The molecule has 2 unspecified atom stereocenters. The number of nitrogens with one attached hydrogen (secondary N) is 2. The molecule has 17 heavy (non-hydrogen) atoms. The van der Waals surface area contributed by atoms with Crippen molar-refractivity contribution in [1.29, 1.82) is 0 Å². The molecule has 0 spiro atoms. The number of hydrogen-bond donors (Lipinski definition) is 3. The molecule has 1 fully saturated rings. The summed E-state index contributed by atoms with van der Waals surface area (Å²) in [7, 11) is 0. The molecule has 1 aromatic heterocycles. The van der Waals surface area contributed by atoms with Crippen molar-refractivity contribution in [2.24, 2.45) is 11.8 Å². The van der Waals surface area contributed by atoms with E-state index in [2.05, 4.69) is 27.6 Å². The molecule has 0 amide bonds. The number of nitrogen functional groups attached to an aromatic ring is 1. The van der Waals surface area contributed by atoms with Gasteiger partial charge in [-0.05, 0) is 18.8 Å². The normalized spacial score (nSPS) is 24.4. The van der Waals surface area contributed by atoms with Gasteiger partial charge in [0.2, 0.25) is 0 Å². The van der Waals surface area contributed by atoms with Gasteiger partial charge in [-0.1, -0.05) is 26.2 Å². The minimum Gasteiger partial charge on any atom is -0.367 e. The van der Waals surface area contributed by atoms with Gasteiger partial charge >= 0.3 is 0 Å². The molecule has 1 heterocycles. The van der Waals surface area contributed by atoms with Gasteiger partial charge in [0.05, 0.1) is 0 Å². The van der Waals surface area contributed by atoms with Crippen molar-refractivity contribution in [2.75, 3.05) is 10.7 Å². The average Bonchev–Trinajstić information content (AvgIpc) is 2.39. The molecule has 5 nitrogen and oxygen atoms in total. The third kappa shape index (κ3) is 3.06. The largest absolute Gasteiger partial charge is 0.367 e. The van der Waals surface area contributed by atoms with Gasteiger partial charge < -0.3 is 10.7 Å². The predicted octanol–water partition coefficient (Wildman–Crippen LogP) is 2.14. The van der Waals surface area contributed by atoms with Gasteiger partial charge in [0.25, 0.3) is 0 Å². The topological polar surface area (TPSA) is 75.9 Å². The lowest BCUT2D eigenvalue weighted by Crippen LogP contribution is -2.32. The molecule has 1 saturated carbocycles. The Morgan fingerprint density at radius 2 is 2.06 bits per heavy atom. The fourth-order valence-electron chi connectivity index (χ4n) is 2.59. The van der Waals surface area contributed by atoms with Gasteiger partial charge in [-0.25, -0.2) is 15.8 Å². The molecule has 0 radical (unpaired) electrons. The highest BCUT2D eigenvalue weighted by Gasteiger charge is 2.23. The van der Waals surface area contributed by atoms with Gasteiger partial charge in [0, 0.05) is 12.1 Å². The summed E-state index contributed by atoms with van der Waals surface area (Å²) in [5.74, 6) is 7.60. The zero-order valence-corrected chi connectivity index (χ0v) is 10.3. The van der Waals surface area contributed by atoms with E-state index in [0.29, 0.717) is 11.9 Å². The fraction of sp³-hybridized carbons (Fsp3) is 0.667. The number of nitrogens with zero attached hydrogens (tertiary/aromatic N) is 2. The molecule has 5 heteroatoms. The number of aromatic nitrogens is 2. The van der Waals surface area contributed by atoms with Crippen LogP contribution in [0.5, 0.6) is 0 Å². The lowest BCUT2D eigenvalue weighted by atomic mass is 9.83. The van der Waals surface area contributed by atoms with E-state index in [9.17, 15) is 0 Å². The second-order valence-electron chi connectivity index (χ2n) is 4.64. The Balaban J connectivity index is 2.02. The van der Waals surface area contributed by atoms with Crippen LogP contribution in [0.15, 0.2) is 12.4 Å². The molecule has 1 aromatic rings. The maximum atomic E-state index is 5.34. The highest BCUT2D eigenvalue weighted by atomic mass is 15.3. The standard InChI is InChI=1S/C12H21N5/c1-2-9-5-3-4-6-10(9)16-11-7-12(17-13)15-8-14-11/h7-10H,2-6,13H2,1H3,(H2,14,15,16,17). The fourth-order valence-corrected chi connectivity index (χ4v) is 2.59. The number of hydrazine groups is 1. The third-order valence-corrected chi connectivity index (χ3v) is 3.58. The summed E-state index contributed by atoms with van der Waals surface area (Å²) in [5, 5.41) is 3.51. The van der Waals surface area contributed by atoms with Gasteiger partial charge in [-0.15, -0.1) is 0 Å². The Kier molecular flexibility index (Phi) is 4.14. The predicted molar refractivity (Wildman–Crippen MR) is 69.5 cm³/mol. The van der Waals surface area contributed by atoms with E-state index in [1.54, 1.807) is 0 Å². The van der Waals surface area contributed by atoms with Crippen LogP contribution in [0.25, 0.3) is 0 Å². The smallest absolute Gasteiger partial charge is 0.145 e. The number of nitrogens with two attached hydrogens (primary N) is 1. The molecule has 2 atom stereocenters. The number of rotatable bonds is 4. The van der Waals surface area contributed by atoms with Crippen molar-refractivity contribution in [3.8, 4) is 0 Å². The van der Waals surface area contributed by atoms with Crippen LogP contribution < -0.4 is 16.6 Å². The highest BCUT2D eigenvalue weighted by molar-refractivity contribution is 5.46. The first-order valence-corrected chi connectivity index (χ1v) is 6.38. The van der Waals surface area contributed by atoms with Crippen LogP contribution in [0.2, 0.25) is 0 Å². The van der Waals surface area contributed by atoms with Crippen molar-refractivity contribution >= 4 is 11.6 Å². The molecule has 0 bridgehead atoms. The average molecular weight is 235 g/mol. The van der Waals surface area contributed by atoms with Crippen LogP contribution in [0.1, 0.15) is 39.0 Å². The Labute approximate surface area is 102 Å². The van der Waals surface area contributed by atoms with E-state index >= 15 is 0 Å². The SMILES string of the molecule is CCC1CCCCC1Nc1cc(NN)ncn1. The van der Waals surface area contributed by atoms with E-state index in [4.69, 9.17) is 5.84 Å². The zero-order chi connectivity index (χ0) is 12.1. The quantitative estimate of drug-likeness (QED) is 0.550. The molecule has 0 aromatic carbocycles. The second-order valence-corrected chi connectivity index (χ2v) is 4.64. The van der Waals surface area contributed by atoms with Gasteiger partial charge in [-0.2, -0.15) is 0 Å². The molecule has 1 aliphatic carbocycles. The number of anilines is 2. The summed E-state index contributed by atoms with van der Waals surface area (Å²) in [6, 6.07) is 2.38. The van der Waals surface area contributed by atoms with Gasteiger partial charge in [0.1, 0.15) is 18.0 Å². The molecule has 2 rings (SSSR count). The second kappa shape index (κ2) is 5.82. The van der Waals surface area contributed by atoms with E-state index in [0.717, 1.165) is 11.7 Å². The molecule has 4 N–H and O–H groups in total. The first-order valence-electron chi connectivity index (χ1n) is 6.38. The lowest BCUT2D eigenvalue weighted by Gasteiger charge is -2.31. The summed E-state index contributed by atoms with van der Waals surface area (Å²) >= 11 is 0.